The highest BCUT2D eigenvalue weighted by molar-refractivity contribution is 5.99. The number of ketones is 1. The molecule has 30 heavy (non-hydrogen) atoms. The first-order chi connectivity index (χ1) is 14.6. The quantitative estimate of drug-likeness (QED) is 0.305. The number of aromatic nitrogens is 1. The molecule has 0 unspecified atom stereocenters. The van der Waals surface area contributed by atoms with E-state index in [9.17, 15) is 14.4 Å². The third-order valence-corrected chi connectivity index (χ3v) is 4.63. The van der Waals surface area contributed by atoms with E-state index in [1.165, 1.54) is 0 Å². The number of esters is 1. The summed E-state index contributed by atoms with van der Waals surface area (Å²) in [5.74, 6) is -0.926. The van der Waals surface area contributed by atoms with Crippen LogP contribution in [0.2, 0.25) is 0 Å². The maximum absolute atomic E-state index is 12.3. The average molecular weight is 408 g/mol. The Labute approximate surface area is 174 Å². The lowest BCUT2D eigenvalue weighted by atomic mass is 10.1. The topological polar surface area (TPSA) is 98.5 Å². The average Bonchev–Trinajstić information content (AvgIpc) is 3.15. The van der Waals surface area contributed by atoms with Crippen LogP contribution in [0, 0.1) is 0 Å². The number of benzene rings is 2. The summed E-state index contributed by atoms with van der Waals surface area (Å²) in [7, 11) is 0. The highest BCUT2D eigenvalue weighted by Crippen LogP contribution is 2.18. The predicted octanol–water partition coefficient (Wildman–Crippen LogP) is 4.32. The molecule has 0 aliphatic heterocycles. The predicted molar refractivity (Wildman–Crippen MR) is 112 cm³/mol. The van der Waals surface area contributed by atoms with E-state index in [2.05, 4.69) is 17.4 Å². The van der Waals surface area contributed by atoms with Crippen molar-refractivity contribution in [1.29, 1.82) is 0 Å². The summed E-state index contributed by atoms with van der Waals surface area (Å²) in [6.07, 6.45) is 3.34. The second-order valence-corrected chi connectivity index (χ2v) is 6.97. The van der Waals surface area contributed by atoms with Crippen molar-refractivity contribution in [2.24, 2.45) is 0 Å². The molecule has 7 heteroatoms. The zero-order chi connectivity index (χ0) is 21.3. The van der Waals surface area contributed by atoms with Gasteiger partial charge in [-0.05, 0) is 42.8 Å². The minimum absolute atomic E-state index is 0.0446. The molecule has 1 heterocycles. The maximum Gasteiger partial charge on any atom is 0.312 e. The van der Waals surface area contributed by atoms with E-state index in [1.807, 2.05) is 18.2 Å². The van der Waals surface area contributed by atoms with Gasteiger partial charge in [-0.15, -0.1) is 0 Å². The number of fused-ring (bicyclic) bond motifs is 1. The fraction of sp³-hybridized carbons (Fsp3) is 0.304. The number of rotatable bonds is 10. The number of nitrogens with one attached hydrogen (secondary N) is 1. The van der Waals surface area contributed by atoms with Crippen LogP contribution in [-0.4, -0.2) is 29.4 Å². The summed E-state index contributed by atoms with van der Waals surface area (Å²) in [6, 6.07) is 13.7. The molecule has 1 amide bonds. The van der Waals surface area contributed by atoms with E-state index in [4.69, 9.17) is 9.26 Å². The number of Topliss-reactive ketones (excluding diaryl/α,β-unsaturated/α-hetero) is 1. The van der Waals surface area contributed by atoms with E-state index < -0.39 is 5.97 Å². The molecule has 156 valence electrons. The first kappa shape index (κ1) is 21.2. The maximum atomic E-state index is 12.3. The van der Waals surface area contributed by atoms with Crippen LogP contribution in [0.1, 0.15) is 48.7 Å². The smallest absolute Gasteiger partial charge is 0.312 e. The number of nitrogens with zero attached hydrogens (tertiary/aromatic N) is 1. The van der Waals surface area contributed by atoms with Crippen LogP contribution in [0.25, 0.3) is 11.0 Å². The van der Waals surface area contributed by atoms with Gasteiger partial charge in [0.15, 0.2) is 18.0 Å². The Balaban J connectivity index is 1.47. The van der Waals surface area contributed by atoms with E-state index >= 15 is 0 Å². The zero-order valence-electron chi connectivity index (χ0n) is 16.8. The minimum Gasteiger partial charge on any atom is -0.457 e. The molecule has 0 saturated heterocycles. The molecule has 0 spiro atoms. The highest BCUT2D eigenvalue weighted by atomic mass is 16.5. The van der Waals surface area contributed by atoms with Crippen molar-refractivity contribution in [3.8, 4) is 0 Å². The van der Waals surface area contributed by atoms with E-state index in [0.29, 0.717) is 28.9 Å². The lowest BCUT2D eigenvalue weighted by molar-refractivity contribution is -0.141. The number of ether oxygens (including phenoxy) is 1. The molecule has 3 rings (SSSR count). The molecular formula is C23H24N2O5. The molecule has 2 aromatic carbocycles. The van der Waals surface area contributed by atoms with Gasteiger partial charge in [0, 0.05) is 23.1 Å². The minimum atomic E-state index is -0.557. The van der Waals surface area contributed by atoms with Gasteiger partial charge in [0.2, 0.25) is 5.91 Å². The van der Waals surface area contributed by atoms with Gasteiger partial charge in [0.1, 0.15) is 5.69 Å². The fourth-order valence-electron chi connectivity index (χ4n) is 2.98. The van der Waals surface area contributed by atoms with Crippen molar-refractivity contribution in [1.82, 2.24) is 5.16 Å². The molecule has 1 N–H and O–H groups in total. The molecule has 0 saturated carbocycles. The van der Waals surface area contributed by atoms with Crippen LogP contribution in [0.4, 0.5) is 5.69 Å². The Hall–Kier alpha value is -3.48. The molecule has 0 aliphatic rings. The van der Waals surface area contributed by atoms with Gasteiger partial charge in [0.25, 0.3) is 0 Å². The van der Waals surface area contributed by atoms with Crippen LogP contribution in [0.3, 0.4) is 0 Å². The zero-order valence-corrected chi connectivity index (χ0v) is 16.8. The Morgan fingerprint density at radius 3 is 2.57 bits per heavy atom. The van der Waals surface area contributed by atoms with Crippen LogP contribution in [0.5, 0.6) is 0 Å². The van der Waals surface area contributed by atoms with Crippen molar-refractivity contribution in [3.05, 3.63) is 59.8 Å². The molecule has 1 aromatic heterocycles. The van der Waals surface area contributed by atoms with Crippen LogP contribution in [-0.2, 0) is 20.7 Å². The Kier molecular flexibility index (Phi) is 7.32. The second-order valence-electron chi connectivity index (χ2n) is 6.97. The molecule has 0 aliphatic carbocycles. The van der Waals surface area contributed by atoms with Crippen LogP contribution in [0.15, 0.2) is 53.1 Å². The van der Waals surface area contributed by atoms with Crippen molar-refractivity contribution in [2.75, 3.05) is 11.9 Å². The third-order valence-electron chi connectivity index (χ3n) is 4.63. The standard InChI is InChI=1S/C23H24N2O5/c1-2-3-4-9-22(27)24-17-12-10-16(11-13-17)20(26)15-29-23(28)14-19-18-7-5-6-8-21(18)30-25-19/h5-8,10-13H,2-4,9,14-15H2,1H3,(H,24,27). The highest BCUT2D eigenvalue weighted by Gasteiger charge is 2.15. The van der Waals surface area contributed by atoms with Crippen molar-refractivity contribution in [2.45, 2.75) is 39.0 Å². The fourth-order valence-corrected chi connectivity index (χ4v) is 2.98. The lowest BCUT2D eigenvalue weighted by Gasteiger charge is -2.07. The first-order valence-corrected chi connectivity index (χ1v) is 9.99. The van der Waals surface area contributed by atoms with Gasteiger partial charge in [-0.1, -0.05) is 37.1 Å². The summed E-state index contributed by atoms with van der Waals surface area (Å²) >= 11 is 0. The number of anilines is 1. The Morgan fingerprint density at radius 2 is 1.80 bits per heavy atom. The van der Waals surface area contributed by atoms with Gasteiger partial charge >= 0.3 is 5.97 Å². The normalized spacial score (nSPS) is 10.7. The molecule has 3 aromatic rings. The molecule has 0 radical (unpaired) electrons. The summed E-state index contributed by atoms with van der Waals surface area (Å²) in [6.45, 7) is 1.72. The van der Waals surface area contributed by atoms with Crippen LogP contribution >= 0.6 is 0 Å². The number of hydrogen-bond donors (Lipinski definition) is 1. The summed E-state index contributed by atoms with van der Waals surface area (Å²) < 4.78 is 10.2. The van der Waals surface area contributed by atoms with Crippen molar-refractivity contribution < 1.29 is 23.6 Å². The SMILES string of the molecule is CCCCCC(=O)Nc1ccc(C(=O)COC(=O)Cc2noc3ccccc23)cc1. The van der Waals surface area contributed by atoms with Crippen LogP contribution < -0.4 is 5.32 Å². The van der Waals surface area contributed by atoms with E-state index in [-0.39, 0.29) is 24.7 Å². The monoisotopic (exact) mass is 408 g/mol. The van der Waals surface area contributed by atoms with Gasteiger partial charge in [-0.2, -0.15) is 0 Å². The lowest BCUT2D eigenvalue weighted by Crippen LogP contribution is -2.16. The van der Waals surface area contributed by atoms with E-state index in [0.717, 1.165) is 24.6 Å². The first-order valence-electron chi connectivity index (χ1n) is 9.99. The largest absolute Gasteiger partial charge is 0.457 e. The molecule has 7 nitrogen and oxygen atoms in total. The Morgan fingerprint density at radius 1 is 1.03 bits per heavy atom. The number of hydrogen-bond acceptors (Lipinski definition) is 6. The Bertz CT molecular complexity index is 1020. The number of amides is 1. The second kappa shape index (κ2) is 10.3. The van der Waals surface area contributed by atoms with Gasteiger partial charge < -0.3 is 14.6 Å². The van der Waals surface area contributed by atoms with Crippen molar-refractivity contribution >= 4 is 34.3 Å². The number of unbranched alkanes of at least 4 members (excludes halogenated alkanes) is 2. The molecule has 0 atom stereocenters. The van der Waals surface area contributed by atoms with Gasteiger partial charge in [-0.3, -0.25) is 14.4 Å². The molecule has 0 fully saturated rings. The number of para-hydroxylation sites is 1. The van der Waals surface area contributed by atoms with Gasteiger partial charge in [0.05, 0.1) is 6.42 Å². The van der Waals surface area contributed by atoms with E-state index in [1.54, 1.807) is 30.3 Å². The summed E-state index contributed by atoms with van der Waals surface area (Å²) in [5.41, 5.74) is 2.10. The molecule has 0 bridgehead atoms. The number of carbonyl (C=O) groups excluding carboxylic acids is 3. The number of carbonyl (C=O) groups is 3. The third kappa shape index (κ3) is 5.76. The summed E-state index contributed by atoms with van der Waals surface area (Å²) in [4.78, 5) is 36.2. The van der Waals surface area contributed by atoms with Gasteiger partial charge in [-0.25, -0.2) is 0 Å². The van der Waals surface area contributed by atoms with Crippen molar-refractivity contribution in [3.63, 3.8) is 0 Å². The molecular weight excluding hydrogens is 384 g/mol. The summed E-state index contributed by atoms with van der Waals surface area (Å²) in [5, 5.41) is 7.43.